The van der Waals surface area contributed by atoms with Gasteiger partial charge in [0.25, 0.3) is 0 Å². The number of rotatable bonds is 54. The van der Waals surface area contributed by atoms with Crippen LogP contribution in [-0.2, 0) is 18.4 Å². The minimum absolute atomic E-state index is 0.0585. The van der Waals surface area contributed by atoms with E-state index in [4.69, 9.17) is 9.05 Å². The largest absolute Gasteiger partial charge is 0.472 e. The van der Waals surface area contributed by atoms with Crippen LogP contribution in [0.3, 0.4) is 0 Å². The van der Waals surface area contributed by atoms with Crippen LogP contribution in [0.5, 0.6) is 0 Å². The van der Waals surface area contributed by atoms with E-state index >= 15 is 0 Å². The molecule has 0 saturated carbocycles. The molecule has 3 atom stereocenters. The normalized spacial score (nSPS) is 14.5. The third-order valence-electron chi connectivity index (χ3n) is 13.1. The van der Waals surface area contributed by atoms with Crippen molar-refractivity contribution >= 4 is 13.7 Å². The topological polar surface area (TPSA) is 105 Å². The number of allylic oxidation sites excluding steroid dienone is 13. The molecule has 0 aliphatic rings. The molecule has 3 N–H and O–H groups in total. The van der Waals surface area contributed by atoms with Gasteiger partial charge in [0.15, 0.2) is 0 Å². The van der Waals surface area contributed by atoms with Crippen LogP contribution in [0, 0.1) is 0 Å². The molecule has 0 bridgehead atoms. The number of phosphoric ester groups is 1. The maximum atomic E-state index is 13.0. The summed E-state index contributed by atoms with van der Waals surface area (Å²) in [5.74, 6) is -0.180. The van der Waals surface area contributed by atoms with Gasteiger partial charge in [0.1, 0.15) is 13.2 Å². The van der Waals surface area contributed by atoms with Gasteiger partial charge < -0.3 is 19.8 Å². The highest BCUT2D eigenvalue weighted by Crippen LogP contribution is 2.43. The van der Waals surface area contributed by atoms with Gasteiger partial charge in [-0.1, -0.05) is 266 Å². The van der Waals surface area contributed by atoms with Crippen LogP contribution in [0.25, 0.3) is 0 Å². The van der Waals surface area contributed by atoms with Crippen LogP contribution >= 0.6 is 7.82 Å². The molecule has 72 heavy (non-hydrogen) atoms. The summed E-state index contributed by atoms with van der Waals surface area (Å²) in [4.78, 5) is 23.3. The summed E-state index contributed by atoms with van der Waals surface area (Å²) in [5.41, 5.74) is 0. The van der Waals surface area contributed by atoms with E-state index < -0.39 is 20.0 Å². The zero-order chi connectivity index (χ0) is 52.7. The van der Waals surface area contributed by atoms with Crippen LogP contribution in [-0.4, -0.2) is 73.4 Å². The summed E-state index contributed by atoms with van der Waals surface area (Å²) in [7, 11) is 1.57. The number of likely N-dealkylation sites (N-methyl/N-ethyl adjacent to an activating group) is 1. The molecule has 1 amide bonds. The van der Waals surface area contributed by atoms with Gasteiger partial charge in [0.2, 0.25) is 5.91 Å². The number of aliphatic hydroxyl groups is 1. The number of carbonyl (C=O) groups excluding carboxylic acids is 1. The quantitative estimate of drug-likeness (QED) is 0.0243. The highest BCUT2D eigenvalue weighted by molar-refractivity contribution is 7.47. The summed E-state index contributed by atoms with van der Waals surface area (Å²) in [6, 6.07) is -0.852. The summed E-state index contributed by atoms with van der Waals surface area (Å²) < 4.78 is 23.7. The van der Waals surface area contributed by atoms with Crippen LogP contribution in [0.1, 0.15) is 258 Å². The number of amides is 1. The Balaban J connectivity index is 4.17. The number of phosphoric acid groups is 1. The Morgan fingerprint density at radius 2 is 0.833 bits per heavy atom. The fourth-order valence-corrected chi connectivity index (χ4v) is 9.19. The highest BCUT2D eigenvalue weighted by atomic mass is 31.2. The first-order valence-electron chi connectivity index (χ1n) is 30.0. The lowest BCUT2D eigenvalue weighted by atomic mass is 10.0. The Bertz CT molecular complexity index is 1450. The molecule has 8 nitrogen and oxygen atoms in total. The average Bonchev–Trinajstić information content (AvgIpc) is 3.34. The molecule has 0 saturated heterocycles. The number of nitrogens with zero attached hydrogens (tertiary/aromatic N) is 1. The molecular weight excluding hydrogens is 912 g/mol. The number of hydrogen-bond donors (Lipinski definition) is 3. The zero-order valence-corrected chi connectivity index (χ0v) is 48.5. The van der Waals surface area contributed by atoms with E-state index in [2.05, 4.69) is 92.1 Å². The second kappa shape index (κ2) is 53.5. The molecule has 418 valence electrons. The molecule has 9 heteroatoms. The third kappa shape index (κ3) is 55.4. The van der Waals surface area contributed by atoms with Crippen LogP contribution < -0.4 is 5.32 Å². The van der Waals surface area contributed by atoms with E-state index in [0.717, 1.165) is 77.0 Å². The van der Waals surface area contributed by atoms with Gasteiger partial charge in [-0.3, -0.25) is 13.8 Å². The molecule has 0 aliphatic heterocycles. The van der Waals surface area contributed by atoms with Crippen molar-refractivity contribution in [1.29, 1.82) is 0 Å². The molecular formula is C63H116N2O6P+. The highest BCUT2D eigenvalue weighted by Gasteiger charge is 2.27. The molecule has 0 aliphatic carbocycles. The fourth-order valence-electron chi connectivity index (χ4n) is 8.46. The minimum atomic E-state index is -4.35. The molecule has 0 rings (SSSR count). The van der Waals surface area contributed by atoms with Gasteiger partial charge in [-0.15, -0.1) is 0 Å². The van der Waals surface area contributed by atoms with Crippen molar-refractivity contribution < 1.29 is 32.9 Å². The van der Waals surface area contributed by atoms with Gasteiger partial charge in [-0.05, 0) is 70.6 Å². The number of hydrogen-bond acceptors (Lipinski definition) is 5. The lowest BCUT2D eigenvalue weighted by Crippen LogP contribution is -2.45. The van der Waals surface area contributed by atoms with Crippen molar-refractivity contribution in [3.05, 3.63) is 85.1 Å². The molecule has 0 spiro atoms. The second-order valence-electron chi connectivity index (χ2n) is 21.3. The predicted octanol–water partition coefficient (Wildman–Crippen LogP) is 18.4. The van der Waals surface area contributed by atoms with Crippen molar-refractivity contribution in [1.82, 2.24) is 5.32 Å². The van der Waals surface area contributed by atoms with E-state index in [1.807, 2.05) is 27.2 Å². The summed E-state index contributed by atoms with van der Waals surface area (Å²) in [5, 5.41) is 14.0. The SMILES string of the molecule is CC/C=C\C/C=C\C/C=C\C/C=C\C/C=C\C/C=C\CCCCCCCCCCCCCCC(=O)NC(COP(=O)(O)OCC[N+](C)(C)C)C(O)/C=C/CCCCCCCCCCCCCCCCCCC. The first-order valence-corrected chi connectivity index (χ1v) is 31.5. The molecule has 0 radical (unpaired) electrons. The molecule has 0 aromatic rings. The Hall–Kier alpha value is -2.32. The van der Waals surface area contributed by atoms with Crippen molar-refractivity contribution in [2.45, 2.75) is 270 Å². The smallest absolute Gasteiger partial charge is 0.387 e. The third-order valence-corrected chi connectivity index (χ3v) is 14.1. The van der Waals surface area contributed by atoms with Crippen molar-refractivity contribution in [3.8, 4) is 0 Å². The van der Waals surface area contributed by atoms with Crippen LogP contribution in [0.15, 0.2) is 85.1 Å². The molecule has 0 aromatic carbocycles. The zero-order valence-electron chi connectivity index (χ0n) is 47.7. The minimum Gasteiger partial charge on any atom is -0.387 e. The average molecular weight is 1030 g/mol. The maximum absolute atomic E-state index is 13.0. The molecule has 0 fully saturated rings. The van der Waals surface area contributed by atoms with Gasteiger partial charge in [-0.2, -0.15) is 0 Å². The van der Waals surface area contributed by atoms with E-state index in [-0.39, 0.29) is 19.1 Å². The Labute approximate surface area is 446 Å². The lowest BCUT2D eigenvalue weighted by molar-refractivity contribution is -0.870. The van der Waals surface area contributed by atoms with Gasteiger partial charge in [0.05, 0.1) is 39.9 Å². The van der Waals surface area contributed by atoms with Gasteiger partial charge in [0, 0.05) is 6.42 Å². The van der Waals surface area contributed by atoms with E-state index in [1.165, 1.54) is 161 Å². The number of aliphatic hydroxyl groups excluding tert-OH is 1. The second-order valence-corrected chi connectivity index (χ2v) is 22.8. The van der Waals surface area contributed by atoms with Gasteiger partial charge in [-0.25, -0.2) is 4.57 Å². The van der Waals surface area contributed by atoms with Crippen molar-refractivity contribution in [2.75, 3.05) is 40.9 Å². The van der Waals surface area contributed by atoms with Gasteiger partial charge >= 0.3 is 7.82 Å². The molecule has 3 unspecified atom stereocenters. The standard InChI is InChI=1S/C63H115N2O6P/c1-6-8-10-12-14-16-18-20-22-24-26-27-28-29-30-31-32-33-34-35-36-37-39-41-43-45-47-49-51-53-55-57-63(67)64-61(60-71-72(68,69)70-59-58-65(3,4)5)62(66)56-54-52-50-48-46-44-42-40-38-25-23-21-19-17-15-13-11-9-7-2/h8,10,14,16,20,22,26-27,29-30,32-33,54,56,61-62,66H,6-7,9,11-13,15,17-19,21,23-25,28,31,34-53,55,57-60H2,1-5H3,(H-,64,67,68,69)/p+1/b10-8-,16-14-,22-20-,27-26-,30-29-,33-32-,56-54+. The number of quaternary nitrogens is 1. The number of nitrogens with one attached hydrogen (secondary N) is 1. The number of carbonyl (C=O) groups is 1. The molecule has 0 heterocycles. The van der Waals surface area contributed by atoms with E-state index in [1.54, 1.807) is 6.08 Å². The van der Waals surface area contributed by atoms with E-state index in [9.17, 15) is 19.4 Å². The summed E-state index contributed by atoms with van der Waals surface area (Å²) in [6.45, 7) is 4.72. The van der Waals surface area contributed by atoms with Crippen molar-refractivity contribution in [3.63, 3.8) is 0 Å². The number of unbranched alkanes of at least 4 members (excludes halogenated alkanes) is 29. The van der Waals surface area contributed by atoms with E-state index in [0.29, 0.717) is 17.4 Å². The summed E-state index contributed by atoms with van der Waals surface area (Å²) >= 11 is 0. The molecule has 0 aromatic heterocycles. The lowest BCUT2D eigenvalue weighted by Gasteiger charge is -2.25. The first kappa shape index (κ1) is 69.7. The monoisotopic (exact) mass is 1030 g/mol. The first-order chi connectivity index (χ1) is 35.0. The van der Waals surface area contributed by atoms with Crippen molar-refractivity contribution in [2.24, 2.45) is 0 Å². The van der Waals surface area contributed by atoms with Crippen LogP contribution in [0.4, 0.5) is 0 Å². The van der Waals surface area contributed by atoms with Crippen LogP contribution in [0.2, 0.25) is 0 Å². The Morgan fingerprint density at radius 1 is 0.486 bits per heavy atom. The Morgan fingerprint density at radius 3 is 1.22 bits per heavy atom. The Kier molecular flexibility index (Phi) is 51.8. The fraction of sp³-hybridized carbons (Fsp3) is 0.762. The summed E-state index contributed by atoms with van der Waals surface area (Å²) in [6.07, 6.45) is 75.4. The maximum Gasteiger partial charge on any atom is 0.472 e. The predicted molar refractivity (Wildman–Crippen MR) is 313 cm³/mol.